The second-order valence-electron chi connectivity index (χ2n) is 7.86. The molecule has 0 aromatic heterocycles. The molecule has 0 bridgehead atoms. The zero-order valence-corrected chi connectivity index (χ0v) is 20.3. The molecule has 0 aliphatic carbocycles. The zero-order valence-electron chi connectivity index (χ0n) is 19.5. The first kappa shape index (κ1) is 27.1. The molecule has 11 nitrogen and oxygen atoms in total. The van der Waals surface area contributed by atoms with E-state index in [4.69, 9.17) is 9.47 Å². The molecule has 0 unspecified atom stereocenters. The molecule has 3 aromatic rings. The van der Waals surface area contributed by atoms with Gasteiger partial charge in [0.15, 0.2) is 9.84 Å². The van der Waals surface area contributed by atoms with Crippen LogP contribution in [0.2, 0.25) is 0 Å². The molecular formula is C25H24N2O9S. The first-order chi connectivity index (χ1) is 17.6. The van der Waals surface area contributed by atoms with Crippen LogP contribution in [0.5, 0.6) is 5.75 Å². The van der Waals surface area contributed by atoms with Gasteiger partial charge in [-0.1, -0.05) is 42.5 Å². The summed E-state index contributed by atoms with van der Waals surface area (Å²) < 4.78 is 35.2. The molecule has 3 aromatic carbocycles. The predicted octanol–water partition coefficient (Wildman–Crippen LogP) is 3.37. The topological polar surface area (TPSA) is 162 Å². The highest BCUT2D eigenvalue weighted by atomic mass is 32.2. The molecule has 0 saturated carbocycles. The summed E-state index contributed by atoms with van der Waals surface area (Å²) in [5, 5.41) is 22.4. The molecular weight excluding hydrogens is 504 g/mol. The van der Waals surface area contributed by atoms with Crippen molar-refractivity contribution < 1.29 is 37.5 Å². The van der Waals surface area contributed by atoms with Gasteiger partial charge in [-0.3, -0.25) is 10.1 Å². The second kappa shape index (κ2) is 12.5. The maximum atomic E-state index is 12.3. The van der Waals surface area contributed by atoms with Crippen molar-refractivity contribution in [2.75, 3.05) is 12.4 Å². The summed E-state index contributed by atoms with van der Waals surface area (Å²) in [5.41, 5.74) is 1.37. The van der Waals surface area contributed by atoms with Gasteiger partial charge in [0.05, 0.1) is 15.6 Å². The third kappa shape index (κ3) is 8.32. The SMILES string of the molecule is O=C(N[C@@H](Cc1ccc(OCc2ccccc2)cc1)C(=O)O)OCCS(=O)(=O)c1ccc([N+](=O)[O-])cc1. The fourth-order valence-electron chi connectivity index (χ4n) is 3.22. The minimum absolute atomic E-state index is 0.0372. The largest absolute Gasteiger partial charge is 0.489 e. The third-order valence-electron chi connectivity index (χ3n) is 5.19. The summed E-state index contributed by atoms with van der Waals surface area (Å²) in [5.74, 6) is -1.28. The van der Waals surface area contributed by atoms with E-state index in [2.05, 4.69) is 5.32 Å². The van der Waals surface area contributed by atoms with E-state index in [9.17, 15) is 33.2 Å². The van der Waals surface area contributed by atoms with Gasteiger partial charge < -0.3 is 19.9 Å². The van der Waals surface area contributed by atoms with E-state index < -0.39 is 45.2 Å². The van der Waals surface area contributed by atoms with Gasteiger partial charge >= 0.3 is 12.1 Å². The van der Waals surface area contributed by atoms with Crippen molar-refractivity contribution in [1.82, 2.24) is 5.32 Å². The van der Waals surface area contributed by atoms with Crippen LogP contribution in [0.4, 0.5) is 10.5 Å². The Labute approximate surface area is 212 Å². The number of nitro groups is 1. The van der Waals surface area contributed by atoms with Crippen molar-refractivity contribution in [1.29, 1.82) is 0 Å². The Morgan fingerprint density at radius 2 is 1.59 bits per heavy atom. The summed E-state index contributed by atoms with van der Waals surface area (Å²) in [4.78, 5) is 33.6. The molecule has 0 aliphatic heterocycles. The number of nitro benzene ring substituents is 1. The Hall–Kier alpha value is -4.45. The van der Waals surface area contributed by atoms with Gasteiger partial charge in [-0.25, -0.2) is 18.0 Å². The summed E-state index contributed by atoms with van der Waals surface area (Å²) in [6.07, 6.45) is -1.13. The lowest BCUT2D eigenvalue weighted by molar-refractivity contribution is -0.384. The van der Waals surface area contributed by atoms with Crippen molar-refractivity contribution in [2.45, 2.75) is 24.0 Å². The van der Waals surface area contributed by atoms with Crippen LogP contribution in [0.15, 0.2) is 83.8 Å². The quantitative estimate of drug-likeness (QED) is 0.265. The Balaban J connectivity index is 1.48. The highest BCUT2D eigenvalue weighted by molar-refractivity contribution is 7.91. The Kier molecular flexibility index (Phi) is 9.16. The number of amides is 1. The number of sulfone groups is 1. The second-order valence-corrected chi connectivity index (χ2v) is 9.97. The van der Waals surface area contributed by atoms with E-state index in [0.29, 0.717) is 17.9 Å². The van der Waals surface area contributed by atoms with Crippen LogP contribution in [0.25, 0.3) is 0 Å². The minimum atomic E-state index is -3.87. The first-order valence-corrected chi connectivity index (χ1v) is 12.7. The number of nitrogens with one attached hydrogen (secondary N) is 1. The molecule has 1 amide bonds. The third-order valence-corrected chi connectivity index (χ3v) is 6.89. The molecule has 3 rings (SSSR count). The molecule has 37 heavy (non-hydrogen) atoms. The normalized spacial score (nSPS) is 11.8. The highest BCUT2D eigenvalue weighted by Crippen LogP contribution is 2.17. The standard InChI is InChI=1S/C25H24N2O9S/c28-24(29)23(16-18-6-10-21(11-7-18)36-17-19-4-2-1-3-5-19)26-25(30)35-14-15-37(33,34)22-12-8-20(9-13-22)27(31)32/h1-13,23H,14-17H2,(H,26,30)(H,28,29)/t23-/m0/s1. The highest BCUT2D eigenvalue weighted by Gasteiger charge is 2.22. The van der Waals surface area contributed by atoms with E-state index in [0.717, 1.165) is 29.8 Å². The smallest absolute Gasteiger partial charge is 0.407 e. The average Bonchev–Trinajstić information content (AvgIpc) is 2.88. The average molecular weight is 529 g/mol. The molecule has 1 atom stereocenters. The van der Waals surface area contributed by atoms with Crippen LogP contribution in [0.1, 0.15) is 11.1 Å². The molecule has 0 aliphatic rings. The molecule has 194 valence electrons. The van der Waals surface area contributed by atoms with E-state index in [1.807, 2.05) is 30.3 Å². The zero-order chi connectivity index (χ0) is 26.8. The van der Waals surface area contributed by atoms with Crippen LogP contribution in [-0.2, 0) is 32.4 Å². The van der Waals surface area contributed by atoms with Gasteiger partial charge in [-0.05, 0) is 35.4 Å². The fraction of sp³-hybridized carbons (Fsp3) is 0.200. The monoisotopic (exact) mass is 528 g/mol. The fourth-order valence-corrected chi connectivity index (χ4v) is 4.31. The Morgan fingerprint density at radius 3 is 2.19 bits per heavy atom. The first-order valence-electron chi connectivity index (χ1n) is 11.0. The molecule has 2 N–H and O–H groups in total. The van der Waals surface area contributed by atoms with E-state index in [1.165, 1.54) is 0 Å². The number of aliphatic carboxylic acids is 1. The predicted molar refractivity (Wildman–Crippen MR) is 132 cm³/mol. The number of carboxylic acids is 1. The van der Waals surface area contributed by atoms with Crippen molar-refractivity contribution >= 4 is 27.6 Å². The van der Waals surface area contributed by atoms with Crippen LogP contribution in [0, 0.1) is 10.1 Å². The van der Waals surface area contributed by atoms with Crippen molar-refractivity contribution in [3.8, 4) is 5.75 Å². The number of alkyl carbamates (subject to hydrolysis) is 1. The lowest BCUT2D eigenvalue weighted by Gasteiger charge is -2.15. The summed E-state index contributed by atoms with van der Waals surface area (Å²) in [6.45, 7) is -0.157. The number of non-ortho nitro benzene ring substituents is 1. The number of nitrogens with zero attached hydrogens (tertiary/aromatic N) is 1. The Morgan fingerprint density at radius 1 is 0.946 bits per heavy atom. The van der Waals surface area contributed by atoms with Gasteiger partial charge in [0.2, 0.25) is 0 Å². The van der Waals surface area contributed by atoms with Gasteiger partial charge in [0.25, 0.3) is 5.69 Å². The number of carboxylic acid groups (broad SMARTS) is 1. The Bertz CT molecular complexity index is 1330. The van der Waals surface area contributed by atoms with Crippen molar-refractivity contribution in [3.63, 3.8) is 0 Å². The summed E-state index contributed by atoms with van der Waals surface area (Å²) >= 11 is 0. The minimum Gasteiger partial charge on any atom is -0.489 e. The molecule has 0 fully saturated rings. The molecule has 0 spiro atoms. The maximum absolute atomic E-state index is 12.3. The van der Waals surface area contributed by atoms with E-state index >= 15 is 0 Å². The lowest BCUT2D eigenvalue weighted by Crippen LogP contribution is -2.42. The van der Waals surface area contributed by atoms with Gasteiger partial charge in [-0.15, -0.1) is 0 Å². The van der Waals surface area contributed by atoms with E-state index in [1.54, 1.807) is 24.3 Å². The number of hydrogen-bond donors (Lipinski definition) is 2. The van der Waals surface area contributed by atoms with Crippen LogP contribution in [0.3, 0.4) is 0 Å². The number of hydrogen-bond acceptors (Lipinski definition) is 8. The van der Waals surface area contributed by atoms with Crippen molar-refractivity contribution in [2.24, 2.45) is 0 Å². The maximum Gasteiger partial charge on any atom is 0.407 e. The number of carbonyl (C=O) groups is 2. The van der Waals surface area contributed by atoms with Crippen LogP contribution < -0.4 is 10.1 Å². The van der Waals surface area contributed by atoms with Crippen LogP contribution >= 0.6 is 0 Å². The number of carbonyl (C=O) groups excluding carboxylic acids is 1. The van der Waals surface area contributed by atoms with E-state index in [-0.39, 0.29) is 17.0 Å². The summed E-state index contributed by atoms with van der Waals surface area (Å²) in [6, 6.07) is 19.3. The van der Waals surface area contributed by atoms with Gasteiger partial charge in [-0.2, -0.15) is 0 Å². The molecule has 0 radical (unpaired) electrons. The number of ether oxygens (including phenoxy) is 2. The lowest BCUT2D eigenvalue weighted by atomic mass is 10.1. The number of rotatable bonds is 12. The molecule has 12 heteroatoms. The van der Waals surface area contributed by atoms with Gasteiger partial charge in [0, 0.05) is 18.6 Å². The molecule has 0 heterocycles. The van der Waals surface area contributed by atoms with Gasteiger partial charge in [0.1, 0.15) is 25.0 Å². The molecule has 0 saturated heterocycles. The van der Waals surface area contributed by atoms with Crippen LogP contribution in [-0.4, -0.2) is 48.9 Å². The van der Waals surface area contributed by atoms with Crippen molar-refractivity contribution in [3.05, 3.63) is 100 Å². The summed E-state index contributed by atoms with van der Waals surface area (Å²) in [7, 11) is -3.87. The number of benzene rings is 3.